The van der Waals surface area contributed by atoms with Crippen LogP contribution in [0.5, 0.6) is 0 Å². The molecule has 6 nitrogen and oxygen atoms in total. The fourth-order valence-electron chi connectivity index (χ4n) is 2.05. The van der Waals surface area contributed by atoms with Gasteiger partial charge in [0, 0.05) is 13.5 Å². The minimum atomic E-state index is -0.295. The first kappa shape index (κ1) is 16.1. The molecule has 0 saturated carbocycles. The summed E-state index contributed by atoms with van der Waals surface area (Å²) in [6.07, 6.45) is 2.10. The highest BCUT2D eigenvalue weighted by Crippen LogP contribution is 2.19. The molecule has 2 amide bonds. The molecule has 3 rings (SSSR count). The van der Waals surface area contributed by atoms with Gasteiger partial charge in [-0.15, -0.1) is 10.2 Å². The summed E-state index contributed by atoms with van der Waals surface area (Å²) < 4.78 is 18.1. The number of carbonyl (C=O) groups excluding carboxylic acids is 1. The summed E-state index contributed by atoms with van der Waals surface area (Å²) in [5, 5.41) is 11.9. The van der Waals surface area contributed by atoms with Gasteiger partial charge in [-0.1, -0.05) is 23.5 Å². The topological polar surface area (TPSA) is 71.3 Å². The van der Waals surface area contributed by atoms with Gasteiger partial charge in [-0.05, 0) is 29.8 Å². The largest absolute Gasteiger partial charge is 0.467 e. The summed E-state index contributed by atoms with van der Waals surface area (Å²) in [6.45, 7) is 0.361. The highest BCUT2D eigenvalue weighted by Gasteiger charge is 2.13. The average Bonchev–Trinajstić information content (AvgIpc) is 3.22. The Morgan fingerprint density at radius 3 is 2.79 bits per heavy atom. The quantitative estimate of drug-likeness (QED) is 0.767. The fourth-order valence-corrected chi connectivity index (χ4v) is 2.81. The number of halogens is 1. The number of nitrogens with zero attached hydrogens (tertiary/aromatic N) is 3. The van der Waals surface area contributed by atoms with Gasteiger partial charge in [0.25, 0.3) is 0 Å². The van der Waals surface area contributed by atoms with Crippen molar-refractivity contribution in [2.24, 2.45) is 0 Å². The Kier molecular flexibility index (Phi) is 4.85. The monoisotopic (exact) mass is 346 g/mol. The van der Waals surface area contributed by atoms with Crippen LogP contribution in [0.4, 0.5) is 14.3 Å². The number of amides is 2. The van der Waals surface area contributed by atoms with Gasteiger partial charge in [0.2, 0.25) is 5.13 Å². The number of nitrogens with one attached hydrogen (secondary N) is 1. The summed E-state index contributed by atoms with van der Waals surface area (Å²) in [6, 6.07) is 9.49. The average molecular weight is 346 g/mol. The second kappa shape index (κ2) is 7.22. The third-order valence-electron chi connectivity index (χ3n) is 3.27. The maximum absolute atomic E-state index is 12.9. The molecule has 0 saturated heterocycles. The van der Waals surface area contributed by atoms with Crippen LogP contribution in [-0.2, 0) is 13.0 Å². The molecular formula is C16H15FN4O2S. The Bertz CT molecular complexity index is 802. The van der Waals surface area contributed by atoms with Gasteiger partial charge in [-0.2, -0.15) is 0 Å². The third kappa shape index (κ3) is 4.17. The van der Waals surface area contributed by atoms with Crippen molar-refractivity contribution in [1.82, 2.24) is 15.1 Å². The maximum atomic E-state index is 12.9. The maximum Gasteiger partial charge on any atom is 0.323 e. The number of hydrogen-bond acceptors (Lipinski definition) is 5. The van der Waals surface area contributed by atoms with E-state index in [4.69, 9.17) is 4.42 Å². The number of aromatic nitrogens is 2. The zero-order valence-electron chi connectivity index (χ0n) is 12.9. The summed E-state index contributed by atoms with van der Waals surface area (Å²) in [7, 11) is 1.66. The molecule has 8 heteroatoms. The first-order valence-corrected chi connectivity index (χ1v) is 8.03. The second-order valence-corrected chi connectivity index (χ2v) is 6.23. The van der Waals surface area contributed by atoms with Crippen molar-refractivity contribution in [3.05, 3.63) is 64.8 Å². The molecule has 0 aliphatic carbocycles. The van der Waals surface area contributed by atoms with Crippen LogP contribution in [-0.4, -0.2) is 28.2 Å². The van der Waals surface area contributed by atoms with Crippen molar-refractivity contribution in [1.29, 1.82) is 0 Å². The molecule has 124 valence electrons. The Balaban J connectivity index is 1.57. The first-order valence-electron chi connectivity index (χ1n) is 7.21. The molecule has 0 radical (unpaired) electrons. The predicted octanol–water partition coefficient (Wildman–Crippen LogP) is 3.52. The van der Waals surface area contributed by atoms with Gasteiger partial charge in [-0.25, -0.2) is 9.18 Å². The van der Waals surface area contributed by atoms with Crippen molar-refractivity contribution in [2.45, 2.75) is 13.0 Å². The van der Waals surface area contributed by atoms with Gasteiger partial charge in [0.15, 0.2) is 0 Å². The van der Waals surface area contributed by atoms with E-state index in [2.05, 4.69) is 15.5 Å². The third-order valence-corrected chi connectivity index (χ3v) is 4.11. The van der Waals surface area contributed by atoms with Gasteiger partial charge in [-0.3, -0.25) is 5.32 Å². The highest BCUT2D eigenvalue weighted by atomic mass is 32.1. The highest BCUT2D eigenvalue weighted by molar-refractivity contribution is 7.15. The number of rotatable bonds is 5. The smallest absolute Gasteiger partial charge is 0.323 e. The van der Waals surface area contributed by atoms with Crippen LogP contribution >= 0.6 is 11.3 Å². The van der Waals surface area contributed by atoms with Gasteiger partial charge < -0.3 is 9.32 Å². The molecule has 0 unspecified atom stereocenters. The lowest BCUT2D eigenvalue weighted by Crippen LogP contribution is -2.30. The molecule has 2 heterocycles. The van der Waals surface area contributed by atoms with Crippen LogP contribution in [0.3, 0.4) is 0 Å². The lowest BCUT2D eigenvalue weighted by molar-refractivity contribution is 0.216. The molecule has 2 aromatic heterocycles. The van der Waals surface area contributed by atoms with Crippen LogP contribution in [0.1, 0.15) is 16.3 Å². The number of carbonyl (C=O) groups is 1. The lowest BCUT2D eigenvalue weighted by atomic mass is 10.2. The zero-order chi connectivity index (χ0) is 16.9. The van der Waals surface area contributed by atoms with Crippen molar-refractivity contribution >= 4 is 22.5 Å². The fraction of sp³-hybridized carbons (Fsp3) is 0.188. The van der Waals surface area contributed by atoms with E-state index in [0.717, 1.165) is 10.6 Å². The number of furan rings is 1. The molecule has 1 N–H and O–H groups in total. The Morgan fingerprint density at radius 1 is 1.29 bits per heavy atom. The summed E-state index contributed by atoms with van der Waals surface area (Å²) in [5.74, 6) is 0.422. The van der Waals surface area contributed by atoms with Gasteiger partial charge in [0.1, 0.15) is 16.6 Å². The van der Waals surface area contributed by atoms with E-state index < -0.39 is 0 Å². The number of hydrogen-bond donors (Lipinski definition) is 1. The van der Waals surface area contributed by atoms with Crippen LogP contribution in [0.15, 0.2) is 47.1 Å². The Morgan fingerprint density at radius 2 is 2.08 bits per heavy atom. The summed E-state index contributed by atoms with van der Waals surface area (Å²) in [4.78, 5) is 13.6. The van der Waals surface area contributed by atoms with Crippen molar-refractivity contribution in [3.8, 4) is 0 Å². The van der Waals surface area contributed by atoms with E-state index >= 15 is 0 Å². The van der Waals surface area contributed by atoms with Gasteiger partial charge >= 0.3 is 6.03 Å². The standard InChI is InChI=1S/C16H15FN4O2S/c1-21(10-13-3-2-8-23-13)16(22)18-15-20-19-14(24-15)9-11-4-6-12(17)7-5-11/h2-8H,9-10H2,1H3,(H,18,20,22). The molecule has 3 aromatic rings. The molecule has 0 bridgehead atoms. The van der Waals surface area contributed by atoms with Crippen LogP contribution in [0.25, 0.3) is 0 Å². The van der Waals surface area contributed by atoms with Crippen molar-refractivity contribution in [2.75, 3.05) is 12.4 Å². The van der Waals surface area contributed by atoms with E-state index in [1.165, 1.54) is 28.4 Å². The number of benzene rings is 1. The van der Waals surface area contributed by atoms with Crippen LogP contribution < -0.4 is 5.32 Å². The van der Waals surface area contributed by atoms with E-state index in [9.17, 15) is 9.18 Å². The second-order valence-electron chi connectivity index (χ2n) is 5.17. The lowest BCUT2D eigenvalue weighted by Gasteiger charge is -2.14. The first-order chi connectivity index (χ1) is 11.6. The van der Waals surface area contributed by atoms with E-state index in [0.29, 0.717) is 23.9 Å². The van der Waals surface area contributed by atoms with Crippen LogP contribution in [0, 0.1) is 5.82 Å². The molecular weight excluding hydrogens is 331 g/mol. The molecule has 0 atom stereocenters. The van der Waals surface area contributed by atoms with E-state index in [1.54, 1.807) is 37.6 Å². The molecule has 0 aliphatic heterocycles. The predicted molar refractivity (Wildman–Crippen MR) is 88.3 cm³/mol. The van der Waals surface area contributed by atoms with Gasteiger partial charge in [0.05, 0.1) is 12.8 Å². The van der Waals surface area contributed by atoms with E-state index in [1.807, 2.05) is 0 Å². The molecule has 0 spiro atoms. The number of urea groups is 1. The molecule has 0 fully saturated rings. The SMILES string of the molecule is CN(Cc1ccco1)C(=O)Nc1nnc(Cc2ccc(F)cc2)s1. The Hall–Kier alpha value is -2.74. The van der Waals surface area contributed by atoms with Crippen molar-refractivity contribution < 1.29 is 13.6 Å². The minimum absolute atomic E-state index is 0.274. The van der Waals surface area contributed by atoms with E-state index in [-0.39, 0.29) is 11.8 Å². The molecule has 24 heavy (non-hydrogen) atoms. The molecule has 0 aliphatic rings. The normalized spacial score (nSPS) is 10.6. The minimum Gasteiger partial charge on any atom is -0.467 e. The summed E-state index contributed by atoms with van der Waals surface area (Å²) in [5.41, 5.74) is 0.931. The Labute approximate surface area is 141 Å². The zero-order valence-corrected chi connectivity index (χ0v) is 13.7. The summed E-state index contributed by atoms with van der Waals surface area (Å²) >= 11 is 1.29. The number of anilines is 1. The molecule has 1 aromatic carbocycles. The van der Waals surface area contributed by atoms with Crippen LogP contribution in [0.2, 0.25) is 0 Å². The van der Waals surface area contributed by atoms with Crippen molar-refractivity contribution in [3.63, 3.8) is 0 Å².